The van der Waals surface area contributed by atoms with E-state index in [0.717, 1.165) is 32.9 Å². The minimum absolute atomic E-state index is 0.249. The van der Waals surface area contributed by atoms with Gasteiger partial charge in [-0.3, -0.25) is 14.5 Å². The molecule has 5 nitrogen and oxygen atoms in total. The SMILES string of the molecule is C=CCc1cc(/C=C2/SC(=O)N(CC)C2=O)cc(OC)c1OCc1ccc(Br)cc1. The molecule has 0 atom stereocenters. The largest absolute Gasteiger partial charge is 0.493 e. The topological polar surface area (TPSA) is 55.8 Å². The van der Waals surface area contributed by atoms with Crippen molar-refractivity contribution in [1.82, 2.24) is 4.90 Å². The molecule has 7 heteroatoms. The zero-order chi connectivity index (χ0) is 21.7. The predicted molar refractivity (Wildman–Crippen MR) is 124 cm³/mol. The van der Waals surface area contributed by atoms with E-state index in [1.807, 2.05) is 36.4 Å². The van der Waals surface area contributed by atoms with Gasteiger partial charge in [0, 0.05) is 16.6 Å². The highest BCUT2D eigenvalue weighted by molar-refractivity contribution is 9.10. The van der Waals surface area contributed by atoms with E-state index in [1.54, 1.807) is 26.2 Å². The van der Waals surface area contributed by atoms with Crippen LogP contribution in [0.2, 0.25) is 0 Å². The lowest BCUT2D eigenvalue weighted by molar-refractivity contribution is -0.122. The number of allylic oxidation sites excluding steroid dienone is 1. The van der Waals surface area contributed by atoms with E-state index in [0.29, 0.717) is 36.0 Å². The molecule has 1 aliphatic heterocycles. The molecular formula is C23H22BrNO4S. The van der Waals surface area contributed by atoms with Gasteiger partial charge in [0.15, 0.2) is 11.5 Å². The van der Waals surface area contributed by atoms with Crippen LogP contribution in [0.1, 0.15) is 23.6 Å². The lowest BCUT2D eigenvalue weighted by atomic mass is 10.0. The second kappa shape index (κ2) is 10.00. The summed E-state index contributed by atoms with van der Waals surface area (Å²) in [4.78, 5) is 26.0. The summed E-state index contributed by atoms with van der Waals surface area (Å²) in [5, 5.41) is -0.249. The molecule has 0 bridgehead atoms. The van der Waals surface area contributed by atoms with Crippen molar-refractivity contribution in [2.24, 2.45) is 0 Å². The van der Waals surface area contributed by atoms with E-state index in [-0.39, 0.29) is 11.1 Å². The van der Waals surface area contributed by atoms with E-state index < -0.39 is 0 Å². The van der Waals surface area contributed by atoms with E-state index in [9.17, 15) is 9.59 Å². The fourth-order valence-corrected chi connectivity index (χ4v) is 4.22. The molecule has 0 N–H and O–H groups in total. The molecule has 1 aliphatic rings. The molecule has 156 valence electrons. The highest BCUT2D eigenvalue weighted by atomic mass is 79.9. The summed E-state index contributed by atoms with van der Waals surface area (Å²) in [5.74, 6) is 0.930. The monoisotopic (exact) mass is 487 g/mol. The third-order valence-electron chi connectivity index (χ3n) is 4.52. The van der Waals surface area contributed by atoms with Gasteiger partial charge in [0.05, 0.1) is 12.0 Å². The summed E-state index contributed by atoms with van der Waals surface area (Å²) in [6.07, 6.45) is 4.08. The minimum Gasteiger partial charge on any atom is -0.493 e. The molecule has 1 saturated heterocycles. The summed E-state index contributed by atoms with van der Waals surface area (Å²) in [7, 11) is 1.58. The number of nitrogens with zero attached hydrogens (tertiary/aromatic N) is 1. The van der Waals surface area contributed by atoms with Crippen LogP contribution in [0.4, 0.5) is 4.79 Å². The Morgan fingerprint density at radius 3 is 2.53 bits per heavy atom. The lowest BCUT2D eigenvalue weighted by Crippen LogP contribution is -2.27. The smallest absolute Gasteiger partial charge is 0.293 e. The number of thioether (sulfide) groups is 1. The number of carbonyl (C=O) groups is 2. The van der Waals surface area contributed by atoms with Gasteiger partial charge in [-0.2, -0.15) is 0 Å². The lowest BCUT2D eigenvalue weighted by Gasteiger charge is -2.16. The van der Waals surface area contributed by atoms with Crippen molar-refractivity contribution >= 4 is 44.9 Å². The number of carbonyl (C=O) groups excluding carboxylic acids is 2. The van der Waals surface area contributed by atoms with Crippen LogP contribution in [0, 0.1) is 0 Å². The fourth-order valence-electron chi connectivity index (χ4n) is 3.05. The van der Waals surface area contributed by atoms with Gasteiger partial charge in [-0.1, -0.05) is 34.1 Å². The van der Waals surface area contributed by atoms with Crippen molar-refractivity contribution in [2.75, 3.05) is 13.7 Å². The maximum atomic E-state index is 12.4. The zero-order valence-corrected chi connectivity index (χ0v) is 19.2. The Bertz CT molecular complexity index is 1000. The number of amides is 2. The van der Waals surface area contributed by atoms with Gasteiger partial charge in [0.25, 0.3) is 11.1 Å². The van der Waals surface area contributed by atoms with Gasteiger partial charge >= 0.3 is 0 Å². The number of hydrogen-bond acceptors (Lipinski definition) is 5. The van der Waals surface area contributed by atoms with Crippen LogP contribution in [0.3, 0.4) is 0 Å². The van der Waals surface area contributed by atoms with Crippen LogP contribution in [-0.4, -0.2) is 29.7 Å². The Balaban J connectivity index is 1.92. The van der Waals surface area contributed by atoms with E-state index in [2.05, 4.69) is 22.5 Å². The molecule has 3 rings (SSSR count). The van der Waals surface area contributed by atoms with Crippen molar-refractivity contribution in [3.05, 3.63) is 75.1 Å². The average molecular weight is 488 g/mol. The molecule has 0 radical (unpaired) electrons. The number of imide groups is 1. The Hall–Kier alpha value is -2.51. The number of rotatable bonds is 8. The van der Waals surface area contributed by atoms with Gasteiger partial charge in [0.2, 0.25) is 0 Å². The van der Waals surface area contributed by atoms with E-state index in [1.165, 1.54) is 4.90 Å². The van der Waals surface area contributed by atoms with Crippen LogP contribution in [-0.2, 0) is 17.8 Å². The molecule has 0 saturated carbocycles. The molecule has 2 aromatic carbocycles. The van der Waals surface area contributed by atoms with Gasteiger partial charge in [-0.05, 0) is 66.6 Å². The molecule has 0 aromatic heterocycles. The van der Waals surface area contributed by atoms with E-state index >= 15 is 0 Å². The average Bonchev–Trinajstić information content (AvgIpc) is 3.00. The number of methoxy groups -OCH3 is 1. The van der Waals surface area contributed by atoms with Crippen LogP contribution < -0.4 is 9.47 Å². The summed E-state index contributed by atoms with van der Waals surface area (Å²) in [5.41, 5.74) is 2.69. The molecule has 2 amide bonds. The zero-order valence-electron chi connectivity index (χ0n) is 16.8. The molecule has 0 spiro atoms. The summed E-state index contributed by atoms with van der Waals surface area (Å²) >= 11 is 4.38. The van der Waals surface area contributed by atoms with Crippen molar-refractivity contribution in [1.29, 1.82) is 0 Å². The summed E-state index contributed by atoms with van der Waals surface area (Å²) < 4.78 is 12.7. The first-order valence-electron chi connectivity index (χ1n) is 9.41. The number of halogens is 1. The van der Waals surface area contributed by atoms with Crippen molar-refractivity contribution in [2.45, 2.75) is 20.0 Å². The first kappa shape index (κ1) is 22.2. The van der Waals surface area contributed by atoms with Gasteiger partial charge < -0.3 is 9.47 Å². The molecule has 1 fully saturated rings. The van der Waals surface area contributed by atoms with E-state index in [4.69, 9.17) is 9.47 Å². The molecule has 1 heterocycles. The summed E-state index contributed by atoms with van der Waals surface area (Å²) in [6.45, 7) is 6.36. The number of ether oxygens (including phenoxy) is 2. The molecular weight excluding hydrogens is 466 g/mol. The van der Waals surface area contributed by atoms with Crippen LogP contribution in [0.15, 0.2) is 58.4 Å². The second-order valence-electron chi connectivity index (χ2n) is 6.55. The second-order valence-corrected chi connectivity index (χ2v) is 8.45. The number of hydrogen-bond donors (Lipinski definition) is 0. The molecule has 0 unspecified atom stereocenters. The molecule has 2 aromatic rings. The highest BCUT2D eigenvalue weighted by Gasteiger charge is 2.33. The Labute approximate surface area is 188 Å². The maximum absolute atomic E-state index is 12.4. The number of benzene rings is 2. The highest BCUT2D eigenvalue weighted by Crippen LogP contribution is 2.37. The fraction of sp³-hybridized carbons (Fsp3) is 0.217. The summed E-state index contributed by atoms with van der Waals surface area (Å²) in [6, 6.07) is 11.6. The molecule has 0 aliphatic carbocycles. The first-order chi connectivity index (χ1) is 14.5. The van der Waals surface area contributed by atoms with Gasteiger partial charge in [-0.25, -0.2) is 0 Å². The predicted octanol–water partition coefficient (Wildman–Crippen LogP) is 5.82. The standard InChI is InChI=1S/C23H22BrNO4S/c1-4-6-17-11-16(13-20-22(26)25(5-2)23(27)30-20)12-19(28-3)21(17)29-14-15-7-9-18(24)10-8-15/h4,7-13H,1,5-6,14H2,2-3H3/b20-13+. The molecule has 30 heavy (non-hydrogen) atoms. The third kappa shape index (κ3) is 4.96. The number of likely N-dealkylation sites (N-methyl/N-ethyl adjacent to an activating group) is 1. The van der Waals surface area contributed by atoms with Gasteiger partial charge in [0.1, 0.15) is 6.61 Å². The van der Waals surface area contributed by atoms with Crippen molar-refractivity contribution in [3.63, 3.8) is 0 Å². The first-order valence-corrected chi connectivity index (χ1v) is 11.0. The Morgan fingerprint density at radius 1 is 1.20 bits per heavy atom. The van der Waals surface area contributed by atoms with Crippen LogP contribution in [0.25, 0.3) is 6.08 Å². The third-order valence-corrected chi connectivity index (χ3v) is 5.96. The van der Waals surface area contributed by atoms with Crippen molar-refractivity contribution in [3.8, 4) is 11.5 Å². The van der Waals surface area contributed by atoms with Crippen LogP contribution >= 0.6 is 27.7 Å². The maximum Gasteiger partial charge on any atom is 0.293 e. The minimum atomic E-state index is -0.271. The van der Waals surface area contributed by atoms with Crippen LogP contribution in [0.5, 0.6) is 11.5 Å². The normalized spacial score (nSPS) is 15.0. The van der Waals surface area contributed by atoms with Crippen molar-refractivity contribution < 1.29 is 19.1 Å². The van der Waals surface area contributed by atoms with Gasteiger partial charge in [-0.15, -0.1) is 6.58 Å². The Morgan fingerprint density at radius 2 is 1.93 bits per heavy atom. The quantitative estimate of drug-likeness (QED) is 0.346. The Kier molecular flexibility index (Phi) is 7.39.